The van der Waals surface area contributed by atoms with Gasteiger partial charge in [-0.3, -0.25) is 47.9 Å². The molecule has 11 atom stereocenters. The molecule has 2 aromatic carbocycles. The Labute approximate surface area is 523 Å². The van der Waals surface area contributed by atoms with Crippen LogP contribution in [0.25, 0.3) is 10.9 Å². The molecule has 0 unspecified atom stereocenters. The quantitative estimate of drug-likeness (QED) is 0.0264. The standard InChI is InChI=1S/C61H90N14O13S/c1-9-35(8)51(60(86)73-48(29-76)58(84)74-49(30-89)59(85)72-47(61(87)88)23-34(6)7)75-57(83)46(26-38-28-64-31-66-38)71-55(81)44(24-36-15-11-10-12-16-36)69-56(82)45(25-37-27-65-41-18-14-13-17-39(37)41)70-54(80)43(22-33(4)5)68-53(79)42(21-32(2)3)67-52(78)40(62)19-20-50(63)77/h10-18,27-28,31-35,40,42-49,51,65,76,89H,9,19-26,29-30,62H2,1-8H3,(H2,63,77)(H,64,66)(H,67,78)(H,68,79)(H,69,82)(H,70,80)(H,71,81)(H,72,85)(H,73,86)(H,74,84)(H,75,83)(H,87,88)/t35-,40-,42-,43-,44-,45-,46-,47-,48-,49-,51-/m0/s1. The minimum Gasteiger partial charge on any atom is -0.480 e. The number of aromatic nitrogens is 3. The van der Waals surface area contributed by atoms with Crippen LogP contribution in [0.4, 0.5) is 0 Å². The Balaban J connectivity index is 1.67. The Hall–Kier alpha value is -8.37. The summed E-state index contributed by atoms with van der Waals surface area (Å²) in [4.78, 5) is 161. The zero-order valence-electron chi connectivity index (χ0n) is 51.7. The topological polar surface area (TPSA) is 433 Å². The van der Waals surface area contributed by atoms with Gasteiger partial charge in [-0.2, -0.15) is 12.6 Å². The van der Waals surface area contributed by atoms with Crippen molar-refractivity contribution >= 4 is 88.6 Å². The van der Waals surface area contributed by atoms with Gasteiger partial charge in [0.1, 0.15) is 54.4 Å². The molecular weight excluding hydrogens is 1170 g/mol. The van der Waals surface area contributed by atoms with E-state index in [-0.39, 0.29) is 74.9 Å². The van der Waals surface area contributed by atoms with Crippen molar-refractivity contribution in [2.75, 3.05) is 12.4 Å². The summed E-state index contributed by atoms with van der Waals surface area (Å²) in [5.41, 5.74) is 13.6. The number of H-pyrrole nitrogens is 2. The fourth-order valence-corrected chi connectivity index (χ4v) is 9.92. The van der Waals surface area contributed by atoms with Crippen molar-refractivity contribution in [3.8, 4) is 0 Å². The van der Waals surface area contributed by atoms with Crippen molar-refractivity contribution in [2.24, 2.45) is 35.1 Å². The lowest BCUT2D eigenvalue weighted by Gasteiger charge is -2.29. The number of aliphatic carboxylic acids is 1. The number of amides is 10. The Bertz CT molecular complexity index is 3020. The molecule has 2 heterocycles. The van der Waals surface area contributed by atoms with E-state index in [4.69, 9.17) is 11.5 Å². The van der Waals surface area contributed by atoms with Crippen molar-refractivity contribution in [2.45, 2.75) is 174 Å². The van der Waals surface area contributed by atoms with E-state index in [9.17, 15) is 58.2 Å². The summed E-state index contributed by atoms with van der Waals surface area (Å²) >= 11 is 4.16. The number of imidazole rings is 1. The molecule has 4 rings (SSSR count). The second-order valence-corrected chi connectivity index (χ2v) is 24.0. The second kappa shape index (κ2) is 36.2. The maximum Gasteiger partial charge on any atom is 0.326 e. The van der Waals surface area contributed by atoms with Crippen LogP contribution in [-0.4, -0.2) is 163 Å². The van der Waals surface area contributed by atoms with Crippen molar-refractivity contribution in [3.63, 3.8) is 0 Å². The predicted octanol–water partition coefficient (Wildman–Crippen LogP) is 0.0660. The van der Waals surface area contributed by atoms with Crippen molar-refractivity contribution in [1.82, 2.24) is 62.8 Å². The van der Waals surface area contributed by atoms with Crippen molar-refractivity contribution in [1.29, 1.82) is 0 Å². The van der Waals surface area contributed by atoms with Gasteiger partial charge in [0.2, 0.25) is 59.1 Å². The number of aliphatic hydroxyl groups excluding tert-OH is 1. The number of carbonyl (C=O) groups excluding carboxylic acids is 10. The first-order valence-corrected chi connectivity index (χ1v) is 30.6. The largest absolute Gasteiger partial charge is 0.480 e. The van der Waals surface area contributed by atoms with E-state index in [0.717, 1.165) is 10.9 Å². The van der Waals surface area contributed by atoms with Gasteiger partial charge < -0.3 is 79.5 Å². The fourth-order valence-electron chi connectivity index (χ4n) is 9.66. The lowest BCUT2D eigenvalue weighted by atomic mass is 9.97. The number of nitrogens with two attached hydrogens (primary N) is 2. The first-order chi connectivity index (χ1) is 42.1. The number of nitrogens with zero attached hydrogens (tertiary/aromatic N) is 1. The molecule has 0 aliphatic carbocycles. The normalized spacial score (nSPS) is 15.1. The summed E-state index contributed by atoms with van der Waals surface area (Å²) in [6, 6.07) is 2.29. The zero-order chi connectivity index (χ0) is 66.1. The number of primary amides is 1. The van der Waals surface area contributed by atoms with Gasteiger partial charge in [-0.05, 0) is 66.5 Å². The number of hydrogen-bond donors (Lipinski definition) is 16. The number of aromatic amines is 2. The molecule has 28 heteroatoms. The summed E-state index contributed by atoms with van der Waals surface area (Å²) in [7, 11) is 0. The number of aliphatic hydroxyl groups is 1. The SMILES string of the molecule is CC[C@H](C)[C@H](NC(=O)[C@H](Cc1cnc[nH]1)NC(=O)[C@H](Cc1ccccc1)NC(=O)[C@H](Cc1c[nH]c2ccccc12)NC(=O)[C@H](CC(C)C)NC(=O)[C@H](CC(C)C)NC(=O)[C@@H](N)CCC(N)=O)C(=O)N[C@@H](CO)C(=O)N[C@@H](CS)C(=O)N[C@@H](CC(C)C)C(=O)O. The van der Waals surface area contributed by atoms with Crippen LogP contribution in [0.1, 0.15) is 111 Å². The highest BCUT2D eigenvalue weighted by Gasteiger charge is 2.37. The molecule has 89 heavy (non-hydrogen) atoms. The minimum atomic E-state index is -1.67. The molecule has 0 radical (unpaired) electrons. The number of para-hydroxylation sites is 1. The van der Waals surface area contributed by atoms with Crippen LogP contribution < -0.4 is 59.3 Å². The number of carbonyl (C=O) groups is 11. The average Bonchev–Trinajstić information content (AvgIpc) is 2.67. The van der Waals surface area contributed by atoms with Gasteiger partial charge >= 0.3 is 5.97 Å². The number of thiol groups is 1. The molecule has 0 aliphatic heterocycles. The van der Waals surface area contributed by atoms with E-state index < -0.39 is 138 Å². The molecular formula is C61H90N14O13S. The highest BCUT2D eigenvalue weighted by molar-refractivity contribution is 7.80. The van der Waals surface area contributed by atoms with Gasteiger partial charge in [-0.15, -0.1) is 0 Å². The third-order valence-electron chi connectivity index (χ3n) is 14.7. The number of carboxylic acid groups (broad SMARTS) is 1. The maximum atomic E-state index is 15.1. The van der Waals surface area contributed by atoms with Gasteiger partial charge in [0, 0.05) is 60.4 Å². The number of carboxylic acids is 1. The third-order valence-corrected chi connectivity index (χ3v) is 15.1. The van der Waals surface area contributed by atoms with Crippen molar-refractivity contribution < 1.29 is 63.0 Å². The molecule has 4 aromatic rings. The number of rotatable bonds is 38. The molecule has 0 saturated carbocycles. The molecule has 27 nitrogen and oxygen atoms in total. The van der Waals surface area contributed by atoms with Gasteiger partial charge in [-0.25, -0.2) is 9.78 Å². The molecule has 0 saturated heterocycles. The predicted molar refractivity (Wildman–Crippen MR) is 335 cm³/mol. The summed E-state index contributed by atoms with van der Waals surface area (Å²) in [6.45, 7) is 13.3. The summed E-state index contributed by atoms with van der Waals surface area (Å²) in [5.74, 6) is -10.8. The smallest absolute Gasteiger partial charge is 0.326 e. The van der Waals surface area contributed by atoms with Crippen LogP contribution >= 0.6 is 12.6 Å². The third kappa shape index (κ3) is 23.9. The number of hydrogen-bond acceptors (Lipinski definition) is 15. The van der Waals surface area contributed by atoms with Crippen LogP contribution in [0.15, 0.2) is 73.3 Å². The van der Waals surface area contributed by atoms with Crippen LogP contribution in [0.5, 0.6) is 0 Å². The Kier molecular flexibility index (Phi) is 29.7. The van der Waals surface area contributed by atoms with Crippen LogP contribution in [0.2, 0.25) is 0 Å². The van der Waals surface area contributed by atoms with Crippen LogP contribution in [-0.2, 0) is 72.0 Å². The lowest BCUT2D eigenvalue weighted by molar-refractivity contribution is -0.142. The van der Waals surface area contributed by atoms with Crippen LogP contribution in [0.3, 0.4) is 0 Å². The van der Waals surface area contributed by atoms with Gasteiger partial charge in [0.05, 0.1) is 19.0 Å². The maximum absolute atomic E-state index is 15.1. The molecule has 17 N–H and O–H groups in total. The highest BCUT2D eigenvalue weighted by Crippen LogP contribution is 2.21. The summed E-state index contributed by atoms with van der Waals surface area (Å²) in [6.07, 6.45) is 4.37. The molecule has 0 fully saturated rings. The Morgan fingerprint density at radius 2 is 1.01 bits per heavy atom. The first kappa shape index (κ1) is 73.1. The average molecular weight is 1260 g/mol. The van der Waals surface area contributed by atoms with Crippen LogP contribution in [0, 0.1) is 23.7 Å². The van der Waals surface area contributed by atoms with E-state index >= 15 is 4.79 Å². The molecule has 0 spiro atoms. The van der Waals surface area contributed by atoms with Crippen molar-refractivity contribution in [3.05, 3.63) is 90.1 Å². The molecule has 10 amide bonds. The number of fused-ring (bicyclic) bond motifs is 1. The van der Waals surface area contributed by atoms with E-state index in [1.165, 1.54) is 12.5 Å². The monoisotopic (exact) mass is 1260 g/mol. The fraction of sp³-hybridized carbons (Fsp3) is 0.541. The van der Waals surface area contributed by atoms with E-state index in [1.807, 2.05) is 45.9 Å². The molecule has 2 aromatic heterocycles. The van der Waals surface area contributed by atoms with Gasteiger partial charge in [-0.1, -0.05) is 110 Å². The lowest BCUT2D eigenvalue weighted by Crippen LogP contribution is -2.62. The van der Waals surface area contributed by atoms with Gasteiger partial charge in [0.15, 0.2) is 0 Å². The van der Waals surface area contributed by atoms with E-state index in [0.29, 0.717) is 23.2 Å². The zero-order valence-corrected chi connectivity index (χ0v) is 52.6. The molecule has 0 aliphatic rings. The Morgan fingerprint density at radius 3 is 1.54 bits per heavy atom. The minimum absolute atomic E-state index is 0.0637. The van der Waals surface area contributed by atoms with E-state index in [1.54, 1.807) is 70.3 Å². The Morgan fingerprint density at radius 1 is 0.551 bits per heavy atom. The van der Waals surface area contributed by atoms with E-state index in [2.05, 4.69) is 75.4 Å². The number of benzene rings is 2. The highest BCUT2D eigenvalue weighted by atomic mass is 32.1. The second-order valence-electron chi connectivity index (χ2n) is 23.6. The van der Waals surface area contributed by atoms with Gasteiger partial charge in [0.25, 0.3) is 0 Å². The summed E-state index contributed by atoms with van der Waals surface area (Å²) in [5, 5.41) is 44.5. The molecule has 0 bridgehead atoms. The summed E-state index contributed by atoms with van der Waals surface area (Å²) < 4.78 is 0. The number of nitrogens with one attached hydrogen (secondary N) is 11. The first-order valence-electron chi connectivity index (χ1n) is 29.9. The molecule has 488 valence electrons.